The highest BCUT2D eigenvalue weighted by Gasteiger charge is 2.55. The Balaban J connectivity index is 2.71. The van der Waals surface area contributed by atoms with Crippen molar-refractivity contribution in [2.45, 2.75) is 98.8 Å². The molecule has 0 saturated heterocycles. The summed E-state index contributed by atoms with van der Waals surface area (Å²) in [6.07, 6.45) is 4.48. The van der Waals surface area contributed by atoms with Gasteiger partial charge in [-0.1, -0.05) is 68.2 Å². The molecule has 0 aromatic heterocycles. The second-order valence-corrected chi connectivity index (χ2v) is 12.8. The maximum absolute atomic E-state index is 6.62. The molecule has 7 heteroatoms. The number of thioether (sulfide) groups is 1. The van der Waals surface area contributed by atoms with E-state index < -0.39 is 5.60 Å². The minimum absolute atomic E-state index is 0.0291. The van der Waals surface area contributed by atoms with E-state index in [-0.39, 0.29) is 16.1 Å². The summed E-state index contributed by atoms with van der Waals surface area (Å²) in [5, 5.41) is 0.222. The first-order valence-electron chi connectivity index (χ1n) is 14.0. The van der Waals surface area contributed by atoms with Gasteiger partial charge in [0.05, 0.1) is 51.5 Å². The van der Waals surface area contributed by atoms with Crippen LogP contribution in [0.5, 0.6) is 0 Å². The molecular formula is C29H56O6S. The molecule has 0 N–H and O–H groups in total. The first-order chi connectivity index (χ1) is 17.0. The van der Waals surface area contributed by atoms with Crippen molar-refractivity contribution in [3.05, 3.63) is 10.7 Å². The number of allylic oxidation sites excluding steroid dienone is 1. The lowest BCUT2D eigenvalue weighted by molar-refractivity contribution is -0.0829. The lowest BCUT2D eigenvalue weighted by Gasteiger charge is -2.40. The van der Waals surface area contributed by atoms with Gasteiger partial charge >= 0.3 is 0 Å². The minimum atomic E-state index is -0.546. The third kappa shape index (κ3) is 12.0. The highest BCUT2D eigenvalue weighted by atomic mass is 32.2. The molecule has 2 unspecified atom stereocenters. The Morgan fingerprint density at radius 1 is 0.667 bits per heavy atom. The zero-order valence-corrected chi connectivity index (χ0v) is 25.7. The van der Waals surface area contributed by atoms with E-state index in [2.05, 4.69) is 62.3 Å². The van der Waals surface area contributed by atoms with Crippen molar-refractivity contribution in [3.63, 3.8) is 0 Å². The summed E-state index contributed by atoms with van der Waals surface area (Å²) in [5.74, 6) is 0.950. The molecule has 6 nitrogen and oxygen atoms in total. The molecule has 0 fully saturated rings. The van der Waals surface area contributed by atoms with Crippen LogP contribution in [0.2, 0.25) is 0 Å². The predicted molar refractivity (Wildman–Crippen MR) is 151 cm³/mol. The SMILES string of the molecule is CCCCOCCOCCOC1=C(C(C)(C)C)SC(C(C)(C)C)C1(C)OCCOCCOCCCC. The summed E-state index contributed by atoms with van der Waals surface area (Å²) in [5.41, 5.74) is -0.554. The summed E-state index contributed by atoms with van der Waals surface area (Å²) in [6.45, 7) is 26.2. The van der Waals surface area contributed by atoms with Crippen LogP contribution in [0.3, 0.4) is 0 Å². The van der Waals surface area contributed by atoms with E-state index in [0.717, 1.165) is 44.7 Å². The van der Waals surface area contributed by atoms with Crippen LogP contribution in [0.25, 0.3) is 0 Å². The van der Waals surface area contributed by atoms with E-state index in [1.807, 2.05) is 11.8 Å². The molecule has 0 bridgehead atoms. The first-order valence-corrected chi connectivity index (χ1v) is 14.9. The van der Waals surface area contributed by atoms with Gasteiger partial charge in [-0.3, -0.25) is 0 Å². The molecule has 2 atom stereocenters. The van der Waals surface area contributed by atoms with E-state index in [4.69, 9.17) is 28.4 Å². The molecule has 1 aliphatic rings. The molecule has 0 radical (unpaired) electrons. The Bertz CT molecular complexity index is 610. The molecule has 0 amide bonds. The smallest absolute Gasteiger partial charge is 0.139 e. The average Bonchev–Trinajstić information content (AvgIpc) is 3.10. The molecule has 1 heterocycles. The summed E-state index contributed by atoms with van der Waals surface area (Å²) >= 11 is 1.91. The van der Waals surface area contributed by atoms with Gasteiger partial charge in [-0.25, -0.2) is 0 Å². The molecule has 36 heavy (non-hydrogen) atoms. The number of ether oxygens (including phenoxy) is 6. The van der Waals surface area contributed by atoms with Crippen molar-refractivity contribution < 1.29 is 28.4 Å². The average molecular weight is 533 g/mol. The van der Waals surface area contributed by atoms with Gasteiger partial charge in [-0.2, -0.15) is 0 Å². The van der Waals surface area contributed by atoms with Crippen LogP contribution in [0, 0.1) is 10.8 Å². The van der Waals surface area contributed by atoms with Crippen LogP contribution >= 0.6 is 11.8 Å². The van der Waals surface area contributed by atoms with Crippen molar-refractivity contribution in [2.24, 2.45) is 10.8 Å². The molecule has 1 aliphatic heterocycles. The number of hydrogen-bond donors (Lipinski definition) is 0. The molecule has 0 aromatic rings. The zero-order valence-electron chi connectivity index (χ0n) is 24.8. The number of hydrogen-bond acceptors (Lipinski definition) is 7. The number of rotatable bonds is 20. The summed E-state index contributed by atoms with van der Waals surface area (Å²) in [7, 11) is 0. The van der Waals surface area contributed by atoms with Crippen LogP contribution < -0.4 is 0 Å². The van der Waals surface area contributed by atoms with Crippen molar-refractivity contribution in [1.29, 1.82) is 0 Å². The fraction of sp³-hybridized carbons (Fsp3) is 0.931. The van der Waals surface area contributed by atoms with E-state index >= 15 is 0 Å². The standard InChI is InChI=1S/C29H56O6S/c1-10-12-14-30-16-18-32-20-22-34-24-25(27(3,4)5)36-26(28(6,7)8)29(24,9)35-23-21-33-19-17-31-15-13-11-2/h26H,10-23H2,1-9H3. The monoisotopic (exact) mass is 532 g/mol. The van der Waals surface area contributed by atoms with Crippen molar-refractivity contribution in [3.8, 4) is 0 Å². The second kappa shape index (κ2) is 17.3. The maximum Gasteiger partial charge on any atom is 0.139 e. The first kappa shape index (κ1) is 33.7. The van der Waals surface area contributed by atoms with E-state index in [1.54, 1.807) is 0 Å². The Kier molecular flexibility index (Phi) is 16.2. The van der Waals surface area contributed by atoms with E-state index in [9.17, 15) is 0 Å². The lowest BCUT2D eigenvalue weighted by Crippen LogP contribution is -2.47. The molecule has 0 spiro atoms. The van der Waals surface area contributed by atoms with E-state index in [1.165, 1.54) is 4.91 Å². The largest absolute Gasteiger partial charge is 0.492 e. The van der Waals surface area contributed by atoms with Crippen LogP contribution in [0.15, 0.2) is 10.7 Å². The van der Waals surface area contributed by atoms with Crippen molar-refractivity contribution in [1.82, 2.24) is 0 Å². The molecular weight excluding hydrogens is 476 g/mol. The molecule has 1 rings (SSSR count). The maximum atomic E-state index is 6.62. The van der Waals surface area contributed by atoms with Crippen molar-refractivity contribution in [2.75, 3.05) is 66.1 Å². The summed E-state index contributed by atoms with van der Waals surface area (Å²) in [4.78, 5) is 1.26. The van der Waals surface area contributed by atoms with Crippen LogP contribution in [-0.2, 0) is 28.4 Å². The summed E-state index contributed by atoms with van der Waals surface area (Å²) < 4.78 is 35.8. The normalized spacial score (nSPS) is 21.0. The molecule has 0 aliphatic carbocycles. The van der Waals surface area contributed by atoms with Gasteiger partial charge < -0.3 is 28.4 Å². The van der Waals surface area contributed by atoms with Gasteiger partial charge in [0, 0.05) is 18.1 Å². The summed E-state index contributed by atoms with van der Waals surface area (Å²) in [6, 6.07) is 0. The van der Waals surface area contributed by atoms with Gasteiger partial charge in [0.25, 0.3) is 0 Å². The Hall–Kier alpha value is -0.310. The molecule has 0 saturated carbocycles. The molecule has 214 valence electrons. The van der Waals surface area contributed by atoms with Crippen molar-refractivity contribution >= 4 is 11.8 Å². The van der Waals surface area contributed by atoms with Crippen LogP contribution in [0.4, 0.5) is 0 Å². The van der Waals surface area contributed by atoms with E-state index in [0.29, 0.717) is 52.9 Å². The Morgan fingerprint density at radius 3 is 1.56 bits per heavy atom. The lowest BCUT2D eigenvalue weighted by atomic mass is 9.79. The highest BCUT2D eigenvalue weighted by Crippen LogP contribution is 2.58. The van der Waals surface area contributed by atoms with Gasteiger partial charge in [0.1, 0.15) is 18.0 Å². The Labute approximate surface area is 226 Å². The third-order valence-electron chi connectivity index (χ3n) is 5.99. The second-order valence-electron chi connectivity index (χ2n) is 11.7. The fourth-order valence-corrected chi connectivity index (χ4v) is 5.86. The van der Waals surface area contributed by atoms with Gasteiger partial charge in [0.2, 0.25) is 0 Å². The fourth-order valence-electron chi connectivity index (χ4n) is 4.15. The predicted octanol–water partition coefficient (Wildman–Crippen LogP) is 6.86. The van der Waals surface area contributed by atoms with Crippen LogP contribution in [-0.4, -0.2) is 76.9 Å². The topological polar surface area (TPSA) is 55.4 Å². The highest BCUT2D eigenvalue weighted by molar-refractivity contribution is 8.04. The minimum Gasteiger partial charge on any atom is -0.492 e. The quantitative estimate of drug-likeness (QED) is 0.159. The number of unbranched alkanes of at least 4 members (excludes halogenated alkanes) is 2. The molecule has 0 aromatic carbocycles. The van der Waals surface area contributed by atoms with Crippen LogP contribution in [0.1, 0.15) is 88.0 Å². The third-order valence-corrected chi connectivity index (χ3v) is 8.42. The Morgan fingerprint density at radius 2 is 1.11 bits per heavy atom. The van der Waals surface area contributed by atoms with Gasteiger partial charge in [0.15, 0.2) is 0 Å². The zero-order chi connectivity index (χ0) is 27.1. The van der Waals surface area contributed by atoms with Gasteiger partial charge in [-0.05, 0) is 30.6 Å². The van der Waals surface area contributed by atoms with Gasteiger partial charge in [-0.15, -0.1) is 11.8 Å².